The van der Waals surface area contributed by atoms with Crippen molar-refractivity contribution in [3.8, 4) is 0 Å². The maximum absolute atomic E-state index is 12.9. The molecule has 0 saturated carbocycles. The Morgan fingerprint density at radius 2 is 2.00 bits per heavy atom. The van der Waals surface area contributed by atoms with Crippen LogP contribution in [0, 0.1) is 0 Å². The number of rotatable bonds is 5. The molecular weight excluding hydrogens is 259 g/mol. The molecule has 1 amide bonds. The minimum atomic E-state index is -4.39. The molecule has 0 bridgehead atoms. The lowest BCUT2D eigenvalue weighted by Crippen LogP contribution is -2.56. The summed E-state index contributed by atoms with van der Waals surface area (Å²) in [5, 5.41) is 0. The Kier molecular flexibility index (Phi) is 5.61. The Morgan fingerprint density at radius 3 is 2.42 bits per heavy atom. The summed E-state index contributed by atoms with van der Waals surface area (Å²) < 4.78 is 38.8. The fourth-order valence-corrected chi connectivity index (χ4v) is 2.63. The summed E-state index contributed by atoms with van der Waals surface area (Å²) in [5.41, 5.74) is 5.26. The topological polar surface area (TPSA) is 49.6 Å². The van der Waals surface area contributed by atoms with Crippen LogP contribution in [0.1, 0.15) is 26.7 Å². The second kappa shape index (κ2) is 6.56. The van der Waals surface area contributed by atoms with Crippen LogP contribution < -0.4 is 5.73 Å². The van der Waals surface area contributed by atoms with E-state index in [0.717, 1.165) is 0 Å². The quantitative estimate of drug-likeness (QED) is 0.824. The van der Waals surface area contributed by atoms with Gasteiger partial charge in [-0.25, -0.2) is 0 Å². The molecule has 1 rings (SSSR count). The van der Waals surface area contributed by atoms with Crippen LogP contribution in [0.15, 0.2) is 0 Å². The molecule has 0 radical (unpaired) electrons. The summed E-state index contributed by atoms with van der Waals surface area (Å²) in [6.45, 7) is 4.44. The van der Waals surface area contributed by atoms with Gasteiger partial charge in [-0.1, -0.05) is 0 Å². The summed E-state index contributed by atoms with van der Waals surface area (Å²) in [6.07, 6.45) is -3.31. The summed E-state index contributed by atoms with van der Waals surface area (Å²) in [4.78, 5) is 15.0. The third kappa shape index (κ3) is 3.60. The normalized spacial score (nSPS) is 22.5. The molecule has 1 saturated heterocycles. The number of halogens is 3. The van der Waals surface area contributed by atoms with E-state index in [1.165, 1.54) is 4.90 Å². The maximum Gasteiger partial charge on any atom is 0.405 e. The van der Waals surface area contributed by atoms with E-state index >= 15 is 0 Å². The molecule has 7 heteroatoms. The van der Waals surface area contributed by atoms with E-state index in [4.69, 9.17) is 5.73 Å². The molecule has 112 valence electrons. The standard InChI is InChI=1S/C12H22F3N3O/c1-3-17(4-2)11(19)9-6-5-7-18(9)10(8-16)12(13,14)15/h9-10H,3-8,16H2,1-2H3/t9-,10+/m1/s1. The number of likely N-dealkylation sites (tertiary alicyclic amines) is 1. The van der Waals surface area contributed by atoms with E-state index in [1.54, 1.807) is 4.90 Å². The Hall–Kier alpha value is -0.820. The summed E-state index contributed by atoms with van der Waals surface area (Å²) in [5.74, 6) is -0.217. The van der Waals surface area contributed by atoms with E-state index in [-0.39, 0.29) is 12.5 Å². The molecule has 1 aliphatic heterocycles. The second-order valence-corrected chi connectivity index (χ2v) is 4.70. The summed E-state index contributed by atoms with van der Waals surface area (Å²) in [7, 11) is 0. The van der Waals surface area contributed by atoms with Gasteiger partial charge < -0.3 is 10.6 Å². The largest absolute Gasteiger partial charge is 0.405 e. The molecule has 0 aromatic carbocycles. The Bertz CT molecular complexity index is 305. The van der Waals surface area contributed by atoms with Gasteiger partial charge in [-0.3, -0.25) is 9.69 Å². The number of hydrogen-bond acceptors (Lipinski definition) is 3. The predicted octanol–water partition coefficient (Wildman–Crippen LogP) is 1.21. The third-order valence-electron chi connectivity index (χ3n) is 3.66. The van der Waals surface area contributed by atoms with Gasteiger partial charge in [0.1, 0.15) is 6.04 Å². The molecule has 2 N–H and O–H groups in total. The zero-order valence-corrected chi connectivity index (χ0v) is 11.4. The molecule has 0 unspecified atom stereocenters. The maximum atomic E-state index is 12.9. The molecule has 1 aliphatic rings. The average molecular weight is 281 g/mol. The number of carbonyl (C=O) groups is 1. The molecule has 19 heavy (non-hydrogen) atoms. The summed E-state index contributed by atoms with van der Waals surface area (Å²) >= 11 is 0. The highest BCUT2D eigenvalue weighted by Gasteiger charge is 2.48. The number of amides is 1. The van der Waals surface area contributed by atoms with Crippen molar-refractivity contribution in [3.05, 3.63) is 0 Å². The van der Waals surface area contributed by atoms with E-state index in [1.807, 2.05) is 13.8 Å². The minimum absolute atomic E-state index is 0.217. The molecule has 2 atom stereocenters. The Balaban J connectivity index is 2.86. The lowest BCUT2D eigenvalue weighted by Gasteiger charge is -2.35. The van der Waals surface area contributed by atoms with Crippen molar-refractivity contribution in [1.29, 1.82) is 0 Å². The number of nitrogens with zero attached hydrogens (tertiary/aromatic N) is 2. The van der Waals surface area contributed by atoms with Crippen molar-refractivity contribution in [2.45, 2.75) is 44.9 Å². The number of alkyl halides is 3. The number of carbonyl (C=O) groups excluding carboxylic acids is 1. The number of likely N-dealkylation sites (N-methyl/N-ethyl adjacent to an activating group) is 1. The van der Waals surface area contributed by atoms with Crippen LogP contribution in [0.5, 0.6) is 0 Å². The van der Waals surface area contributed by atoms with Crippen molar-refractivity contribution < 1.29 is 18.0 Å². The Morgan fingerprint density at radius 1 is 1.42 bits per heavy atom. The van der Waals surface area contributed by atoms with Crippen LogP contribution >= 0.6 is 0 Å². The van der Waals surface area contributed by atoms with Gasteiger partial charge in [-0.15, -0.1) is 0 Å². The first-order valence-corrected chi connectivity index (χ1v) is 6.68. The smallest absolute Gasteiger partial charge is 0.342 e. The van der Waals surface area contributed by atoms with E-state index in [2.05, 4.69) is 0 Å². The van der Waals surface area contributed by atoms with Crippen LogP contribution in [0.4, 0.5) is 13.2 Å². The molecule has 4 nitrogen and oxygen atoms in total. The highest BCUT2D eigenvalue weighted by atomic mass is 19.4. The fourth-order valence-electron chi connectivity index (χ4n) is 2.63. The zero-order chi connectivity index (χ0) is 14.6. The van der Waals surface area contributed by atoms with Crippen LogP contribution in [0.25, 0.3) is 0 Å². The fraction of sp³-hybridized carbons (Fsp3) is 0.917. The van der Waals surface area contributed by atoms with Gasteiger partial charge in [0.15, 0.2) is 0 Å². The zero-order valence-electron chi connectivity index (χ0n) is 11.4. The first kappa shape index (κ1) is 16.2. The molecule has 1 fully saturated rings. The monoisotopic (exact) mass is 281 g/mol. The van der Waals surface area contributed by atoms with Gasteiger partial charge in [0.2, 0.25) is 5.91 Å². The molecule has 0 aliphatic carbocycles. The average Bonchev–Trinajstić information content (AvgIpc) is 2.78. The molecule has 0 aromatic heterocycles. The lowest BCUT2D eigenvalue weighted by molar-refractivity contribution is -0.185. The first-order chi connectivity index (χ1) is 8.86. The molecule has 0 aromatic rings. The van der Waals surface area contributed by atoms with Gasteiger partial charge >= 0.3 is 6.18 Å². The minimum Gasteiger partial charge on any atom is -0.342 e. The van der Waals surface area contributed by atoms with Crippen molar-refractivity contribution in [1.82, 2.24) is 9.80 Å². The van der Waals surface area contributed by atoms with E-state index < -0.39 is 24.8 Å². The second-order valence-electron chi connectivity index (χ2n) is 4.70. The molecule has 0 spiro atoms. The lowest BCUT2D eigenvalue weighted by atomic mass is 10.1. The van der Waals surface area contributed by atoms with Crippen LogP contribution in [-0.4, -0.2) is 60.1 Å². The van der Waals surface area contributed by atoms with E-state index in [9.17, 15) is 18.0 Å². The third-order valence-corrected chi connectivity index (χ3v) is 3.66. The molecular formula is C12H22F3N3O. The number of nitrogens with two attached hydrogens (primary N) is 1. The summed E-state index contributed by atoms with van der Waals surface area (Å²) in [6, 6.07) is -2.41. The highest BCUT2D eigenvalue weighted by molar-refractivity contribution is 5.82. The van der Waals surface area contributed by atoms with Crippen molar-refractivity contribution in [2.24, 2.45) is 5.73 Å². The van der Waals surface area contributed by atoms with Crippen molar-refractivity contribution >= 4 is 5.91 Å². The van der Waals surface area contributed by atoms with Gasteiger partial charge in [0.25, 0.3) is 0 Å². The van der Waals surface area contributed by atoms with Gasteiger partial charge in [0.05, 0.1) is 6.04 Å². The van der Waals surface area contributed by atoms with Gasteiger partial charge in [-0.05, 0) is 33.2 Å². The number of hydrogen-bond donors (Lipinski definition) is 1. The predicted molar refractivity (Wildman–Crippen MR) is 66.6 cm³/mol. The van der Waals surface area contributed by atoms with Crippen molar-refractivity contribution in [2.75, 3.05) is 26.2 Å². The highest BCUT2D eigenvalue weighted by Crippen LogP contribution is 2.30. The van der Waals surface area contributed by atoms with E-state index in [0.29, 0.717) is 25.9 Å². The molecule has 1 heterocycles. The van der Waals surface area contributed by atoms with Crippen LogP contribution in [0.2, 0.25) is 0 Å². The first-order valence-electron chi connectivity index (χ1n) is 6.68. The SMILES string of the molecule is CCN(CC)C(=O)[C@H]1CCCN1[C@@H](CN)C(F)(F)F. The van der Waals surface area contributed by atoms with Gasteiger partial charge in [0, 0.05) is 19.6 Å². The van der Waals surface area contributed by atoms with Gasteiger partial charge in [-0.2, -0.15) is 13.2 Å². The van der Waals surface area contributed by atoms with Crippen molar-refractivity contribution in [3.63, 3.8) is 0 Å². The van der Waals surface area contributed by atoms with Crippen LogP contribution in [-0.2, 0) is 4.79 Å². The Labute approximate surface area is 111 Å². The van der Waals surface area contributed by atoms with Crippen LogP contribution in [0.3, 0.4) is 0 Å².